The van der Waals surface area contributed by atoms with Gasteiger partial charge in [0.1, 0.15) is 18.2 Å². The largest absolute Gasteiger partial charge is 0.371 e. The first-order valence-corrected chi connectivity index (χ1v) is 9.98. The Morgan fingerprint density at radius 1 is 1.30 bits per heavy atom. The molecule has 0 aliphatic carbocycles. The van der Waals surface area contributed by atoms with Gasteiger partial charge in [-0.05, 0) is 5.92 Å². The van der Waals surface area contributed by atoms with Crippen LogP contribution in [0.25, 0.3) is 0 Å². The Morgan fingerprint density at radius 2 is 2.04 bits per heavy atom. The fourth-order valence-electron chi connectivity index (χ4n) is 3.41. The number of ether oxygens (including phenoxy) is 2. The molecule has 2 amide bonds. The van der Waals surface area contributed by atoms with E-state index in [1.807, 2.05) is 13.8 Å². The van der Waals surface area contributed by atoms with Crippen molar-refractivity contribution in [3.05, 3.63) is 10.1 Å². The third-order valence-electron chi connectivity index (χ3n) is 4.84. The molecule has 11 nitrogen and oxygen atoms in total. The fourth-order valence-corrected chi connectivity index (χ4v) is 4.36. The molecule has 3 saturated heterocycles. The molecule has 12 heteroatoms. The molecule has 3 fully saturated rings. The quantitative estimate of drug-likeness (QED) is 0.347. The molecular weight excluding hydrogens is 380 g/mol. The topological polar surface area (TPSA) is 141 Å². The molecular formula is C15H24N4O7S. The van der Waals surface area contributed by atoms with Crippen LogP contribution in [0, 0.1) is 16.0 Å². The second-order valence-corrected chi connectivity index (χ2v) is 8.11. The number of amides is 2. The number of rotatable bonds is 7. The third kappa shape index (κ3) is 4.62. The van der Waals surface area contributed by atoms with Gasteiger partial charge in [0.25, 0.3) is 5.09 Å². The van der Waals surface area contributed by atoms with Crippen LogP contribution in [0.3, 0.4) is 0 Å². The summed E-state index contributed by atoms with van der Waals surface area (Å²) in [6, 6.07) is -1.46. The number of fused-ring (bicyclic) bond motifs is 1. The molecule has 0 saturated carbocycles. The summed E-state index contributed by atoms with van der Waals surface area (Å²) in [6.07, 6.45) is -1.93. The summed E-state index contributed by atoms with van der Waals surface area (Å²) in [5.41, 5.74) is 0. The summed E-state index contributed by atoms with van der Waals surface area (Å²) in [6.45, 7) is 3.89. The lowest BCUT2D eigenvalue weighted by atomic mass is 10.0. The fraction of sp³-hybridized carbons (Fsp3) is 0.867. The van der Waals surface area contributed by atoms with Crippen molar-refractivity contribution in [2.45, 2.75) is 50.3 Å². The number of nitrogens with one attached hydrogen (secondary N) is 3. The molecule has 3 rings (SSSR count). The number of hydrogen-bond acceptors (Lipinski definition) is 9. The Morgan fingerprint density at radius 3 is 2.67 bits per heavy atom. The Balaban J connectivity index is 1.56. The Labute approximate surface area is 160 Å². The molecule has 0 aromatic rings. The molecule has 3 heterocycles. The van der Waals surface area contributed by atoms with Gasteiger partial charge in [0.2, 0.25) is 11.8 Å². The summed E-state index contributed by atoms with van der Waals surface area (Å²) in [5, 5.41) is 18.4. The van der Waals surface area contributed by atoms with Crippen molar-refractivity contribution in [3.63, 3.8) is 0 Å². The van der Waals surface area contributed by atoms with Crippen molar-refractivity contribution in [1.82, 2.24) is 16.0 Å². The molecule has 0 bridgehead atoms. The average molecular weight is 404 g/mol. The SMILES string of the molecule is CC(C)[C@@H](NC(=O)[C@@H]1CSCN1)C(=O)N[C@H]1CO[C@H]2[C@@H]1OC[C@@H]2O[N+](=O)[O-]. The third-order valence-corrected chi connectivity index (χ3v) is 5.78. The monoisotopic (exact) mass is 404 g/mol. The van der Waals surface area contributed by atoms with Gasteiger partial charge in [0.15, 0.2) is 6.10 Å². The van der Waals surface area contributed by atoms with Crippen LogP contribution in [0.1, 0.15) is 13.8 Å². The van der Waals surface area contributed by atoms with E-state index in [-0.39, 0.29) is 37.0 Å². The highest BCUT2D eigenvalue weighted by Crippen LogP contribution is 2.29. The van der Waals surface area contributed by atoms with Crippen molar-refractivity contribution < 1.29 is 29.0 Å². The smallest absolute Gasteiger partial charge is 0.294 e. The van der Waals surface area contributed by atoms with Crippen molar-refractivity contribution in [2.75, 3.05) is 24.8 Å². The summed E-state index contributed by atoms with van der Waals surface area (Å²) in [7, 11) is 0. The first kappa shape index (κ1) is 20.1. The standard InChI is InChI=1S/C15H24N4O7S/c1-7(2)11(18-14(20)9-5-27-6-16-9)15(21)17-8-3-24-13-10(26-19(22)23)4-25-12(8)13/h7-13,16H,3-6H2,1-2H3,(H,17,21)(H,18,20)/t8-,9-,10-,11+,12+,13+/m0/s1. The summed E-state index contributed by atoms with van der Waals surface area (Å²) >= 11 is 1.63. The summed E-state index contributed by atoms with van der Waals surface area (Å²) in [5.74, 6) is 0.733. The molecule has 0 aromatic carbocycles. The molecule has 0 radical (unpaired) electrons. The molecule has 6 atom stereocenters. The molecule has 0 unspecified atom stereocenters. The Bertz CT molecular complexity index is 587. The zero-order chi connectivity index (χ0) is 19.6. The van der Waals surface area contributed by atoms with E-state index in [0.717, 1.165) is 0 Å². The predicted molar refractivity (Wildman–Crippen MR) is 94.3 cm³/mol. The van der Waals surface area contributed by atoms with Gasteiger partial charge in [0, 0.05) is 11.6 Å². The van der Waals surface area contributed by atoms with Crippen LogP contribution in [0.2, 0.25) is 0 Å². The number of thioether (sulfide) groups is 1. The zero-order valence-corrected chi connectivity index (χ0v) is 15.9. The number of carbonyl (C=O) groups excluding carboxylic acids is 2. The lowest BCUT2D eigenvalue weighted by molar-refractivity contribution is -0.769. The minimum atomic E-state index is -0.870. The van der Waals surface area contributed by atoms with E-state index in [4.69, 9.17) is 9.47 Å². The first-order chi connectivity index (χ1) is 12.9. The molecule has 0 aromatic heterocycles. The highest BCUT2D eigenvalue weighted by molar-refractivity contribution is 7.99. The average Bonchev–Trinajstić information content (AvgIpc) is 3.32. The maximum atomic E-state index is 12.7. The Hall–Kier alpha value is -1.63. The van der Waals surface area contributed by atoms with E-state index in [0.29, 0.717) is 11.6 Å². The van der Waals surface area contributed by atoms with E-state index in [2.05, 4.69) is 20.8 Å². The maximum Gasteiger partial charge on any atom is 0.294 e. The molecule has 0 spiro atoms. The molecule has 3 aliphatic heterocycles. The minimum Gasteiger partial charge on any atom is -0.371 e. The van der Waals surface area contributed by atoms with Crippen molar-refractivity contribution in [2.24, 2.45) is 5.92 Å². The van der Waals surface area contributed by atoms with Gasteiger partial charge in [-0.3, -0.25) is 14.9 Å². The maximum absolute atomic E-state index is 12.7. The van der Waals surface area contributed by atoms with Gasteiger partial charge < -0.3 is 24.9 Å². The first-order valence-electron chi connectivity index (χ1n) is 8.83. The molecule has 27 heavy (non-hydrogen) atoms. The van der Waals surface area contributed by atoms with E-state index in [1.54, 1.807) is 11.8 Å². The summed E-state index contributed by atoms with van der Waals surface area (Å²) < 4.78 is 11.1. The van der Waals surface area contributed by atoms with Gasteiger partial charge in [0.05, 0.1) is 25.3 Å². The lowest BCUT2D eigenvalue weighted by Crippen LogP contribution is -2.57. The normalized spacial score (nSPS) is 33.5. The highest BCUT2D eigenvalue weighted by atomic mass is 32.2. The van der Waals surface area contributed by atoms with E-state index < -0.39 is 35.5 Å². The van der Waals surface area contributed by atoms with E-state index in [9.17, 15) is 19.7 Å². The van der Waals surface area contributed by atoms with Gasteiger partial charge in [-0.15, -0.1) is 21.9 Å². The number of nitrogens with zero attached hydrogens (tertiary/aromatic N) is 1. The van der Waals surface area contributed by atoms with Crippen LogP contribution in [0.5, 0.6) is 0 Å². The van der Waals surface area contributed by atoms with Gasteiger partial charge in [-0.2, -0.15) is 0 Å². The van der Waals surface area contributed by atoms with Crippen molar-refractivity contribution in [1.29, 1.82) is 0 Å². The predicted octanol–water partition coefficient (Wildman–Crippen LogP) is -1.35. The second-order valence-electron chi connectivity index (χ2n) is 7.08. The van der Waals surface area contributed by atoms with Crippen LogP contribution in [0.4, 0.5) is 0 Å². The van der Waals surface area contributed by atoms with Gasteiger partial charge in [-0.25, -0.2) is 0 Å². The van der Waals surface area contributed by atoms with Crippen LogP contribution in [-0.2, 0) is 23.9 Å². The van der Waals surface area contributed by atoms with Crippen molar-refractivity contribution >= 4 is 23.6 Å². The lowest BCUT2D eigenvalue weighted by Gasteiger charge is -2.26. The van der Waals surface area contributed by atoms with E-state index in [1.165, 1.54) is 0 Å². The molecule has 3 N–H and O–H groups in total. The highest BCUT2D eigenvalue weighted by Gasteiger charge is 2.50. The minimum absolute atomic E-state index is 0.0258. The Kier molecular flexibility index (Phi) is 6.40. The number of hydrogen-bond donors (Lipinski definition) is 3. The van der Waals surface area contributed by atoms with Crippen molar-refractivity contribution in [3.8, 4) is 0 Å². The van der Waals surface area contributed by atoms with Gasteiger partial charge in [-0.1, -0.05) is 13.8 Å². The van der Waals surface area contributed by atoms with Crippen LogP contribution >= 0.6 is 11.8 Å². The van der Waals surface area contributed by atoms with Crippen LogP contribution < -0.4 is 16.0 Å². The second kappa shape index (κ2) is 8.59. The van der Waals surface area contributed by atoms with Crippen LogP contribution in [0.15, 0.2) is 0 Å². The van der Waals surface area contributed by atoms with Gasteiger partial charge >= 0.3 is 0 Å². The molecule has 3 aliphatic rings. The van der Waals surface area contributed by atoms with Crippen LogP contribution in [-0.4, -0.2) is 78.2 Å². The summed E-state index contributed by atoms with van der Waals surface area (Å²) in [4.78, 5) is 40.2. The number of carbonyl (C=O) groups is 2. The van der Waals surface area contributed by atoms with E-state index >= 15 is 0 Å². The molecule has 152 valence electrons. The zero-order valence-electron chi connectivity index (χ0n) is 15.1.